The minimum atomic E-state index is 0.522. The highest BCUT2D eigenvalue weighted by atomic mass is 16.5. The highest BCUT2D eigenvalue weighted by Crippen LogP contribution is 2.43. The molecule has 4 nitrogen and oxygen atoms in total. The predicted molar refractivity (Wildman–Crippen MR) is 92.8 cm³/mol. The lowest BCUT2D eigenvalue weighted by molar-refractivity contribution is 0.105. The van der Waals surface area contributed by atoms with Crippen LogP contribution in [-0.4, -0.2) is 63.4 Å². The zero-order valence-corrected chi connectivity index (χ0v) is 14.8. The van der Waals surface area contributed by atoms with Gasteiger partial charge in [-0.15, -0.1) is 0 Å². The number of nitrogens with zero attached hydrogens (tertiary/aromatic N) is 2. The number of ether oxygens (including phenoxy) is 2. The Morgan fingerprint density at radius 2 is 1.83 bits per heavy atom. The first-order valence-corrected chi connectivity index (χ1v) is 8.69. The van der Waals surface area contributed by atoms with Crippen LogP contribution in [-0.2, 0) is 11.3 Å². The van der Waals surface area contributed by atoms with Gasteiger partial charge in [-0.2, -0.15) is 0 Å². The lowest BCUT2D eigenvalue weighted by Crippen LogP contribution is -2.40. The molecule has 0 N–H and O–H groups in total. The molecule has 2 aliphatic rings. The van der Waals surface area contributed by atoms with Crippen LogP contribution in [0.5, 0.6) is 5.75 Å². The van der Waals surface area contributed by atoms with Crippen LogP contribution in [0.2, 0.25) is 0 Å². The van der Waals surface area contributed by atoms with Gasteiger partial charge in [0.1, 0.15) is 5.75 Å². The van der Waals surface area contributed by atoms with Crippen molar-refractivity contribution in [1.29, 1.82) is 0 Å². The second-order valence-corrected chi connectivity index (χ2v) is 7.35. The van der Waals surface area contributed by atoms with E-state index in [1.165, 1.54) is 44.5 Å². The van der Waals surface area contributed by atoms with Gasteiger partial charge in [0, 0.05) is 26.2 Å². The van der Waals surface area contributed by atoms with Gasteiger partial charge in [0.25, 0.3) is 0 Å². The minimum absolute atomic E-state index is 0.522. The van der Waals surface area contributed by atoms with Crippen molar-refractivity contribution < 1.29 is 9.47 Å². The largest absolute Gasteiger partial charge is 0.497 e. The number of rotatable bonds is 5. The molecule has 0 amide bonds. The summed E-state index contributed by atoms with van der Waals surface area (Å²) in [6, 6.07) is 9.08. The van der Waals surface area contributed by atoms with Crippen LogP contribution >= 0.6 is 0 Å². The fraction of sp³-hybridized carbons (Fsp3) is 0.684. The van der Waals surface area contributed by atoms with Gasteiger partial charge in [0.15, 0.2) is 0 Å². The second-order valence-electron chi connectivity index (χ2n) is 7.35. The first-order valence-electron chi connectivity index (χ1n) is 8.69. The molecule has 128 valence electrons. The first-order chi connectivity index (χ1) is 11.1. The Balaban J connectivity index is 1.52. The van der Waals surface area contributed by atoms with Crippen molar-refractivity contribution in [3.05, 3.63) is 29.8 Å². The lowest BCUT2D eigenvalue weighted by Gasteiger charge is -2.39. The molecule has 0 aromatic heterocycles. The van der Waals surface area contributed by atoms with Crippen molar-refractivity contribution >= 4 is 0 Å². The van der Waals surface area contributed by atoms with Crippen LogP contribution in [0.15, 0.2) is 24.3 Å². The second kappa shape index (κ2) is 7.20. The Morgan fingerprint density at radius 3 is 2.43 bits per heavy atom. The average molecular weight is 318 g/mol. The molecule has 4 heteroatoms. The van der Waals surface area contributed by atoms with Crippen LogP contribution in [0.4, 0.5) is 0 Å². The maximum Gasteiger partial charge on any atom is 0.118 e. The Hall–Kier alpha value is -1.10. The van der Waals surface area contributed by atoms with Crippen molar-refractivity contribution in [3.63, 3.8) is 0 Å². The van der Waals surface area contributed by atoms with E-state index in [0.29, 0.717) is 11.5 Å². The molecule has 0 aliphatic carbocycles. The maximum absolute atomic E-state index is 5.39. The third-order valence-corrected chi connectivity index (χ3v) is 5.72. The first kappa shape index (κ1) is 16.7. The quantitative estimate of drug-likeness (QED) is 0.833. The van der Waals surface area contributed by atoms with Gasteiger partial charge in [-0.05, 0) is 62.5 Å². The Bertz CT molecular complexity index is 495. The van der Waals surface area contributed by atoms with E-state index in [9.17, 15) is 0 Å². The van der Waals surface area contributed by atoms with E-state index >= 15 is 0 Å². The number of hydrogen-bond donors (Lipinski definition) is 0. The van der Waals surface area contributed by atoms with Crippen molar-refractivity contribution in [2.45, 2.75) is 31.8 Å². The van der Waals surface area contributed by atoms with Gasteiger partial charge in [-0.25, -0.2) is 0 Å². The van der Waals surface area contributed by atoms with Gasteiger partial charge in [0.2, 0.25) is 0 Å². The number of piperidine rings is 1. The predicted octanol–water partition coefficient (Wildman–Crippen LogP) is 2.63. The van der Waals surface area contributed by atoms with Crippen molar-refractivity contribution in [2.24, 2.45) is 5.41 Å². The Labute approximate surface area is 140 Å². The summed E-state index contributed by atoms with van der Waals surface area (Å²) >= 11 is 0. The van der Waals surface area contributed by atoms with Crippen molar-refractivity contribution in [2.75, 3.05) is 47.5 Å². The van der Waals surface area contributed by atoms with E-state index in [0.717, 1.165) is 18.9 Å². The van der Waals surface area contributed by atoms with Crippen molar-refractivity contribution in [3.8, 4) is 5.75 Å². The molecule has 1 aromatic carbocycles. The molecular formula is C19H30N2O2. The van der Waals surface area contributed by atoms with E-state index in [1.807, 2.05) is 7.11 Å². The summed E-state index contributed by atoms with van der Waals surface area (Å²) in [6.07, 6.45) is 3.93. The molecule has 2 aliphatic heterocycles. The molecule has 2 saturated heterocycles. The van der Waals surface area contributed by atoms with E-state index in [4.69, 9.17) is 9.47 Å². The summed E-state index contributed by atoms with van der Waals surface area (Å²) in [5, 5.41) is 0. The van der Waals surface area contributed by atoms with Crippen LogP contribution in [0, 0.1) is 5.41 Å². The van der Waals surface area contributed by atoms with Crippen molar-refractivity contribution in [1.82, 2.24) is 9.80 Å². The smallest absolute Gasteiger partial charge is 0.118 e. The summed E-state index contributed by atoms with van der Waals surface area (Å²) in [4.78, 5) is 5.10. The number of likely N-dealkylation sites (tertiary alicyclic amines) is 2. The molecule has 1 spiro atoms. The molecule has 2 fully saturated rings. The number of likely N-dealkylation sites (N-methyl/N-ethyl adjacent to an activating group) is 1. The lowest BCUT2D eigenvalue weighted by atomic mass is 9.76. The van der Waals surface area contributed by atoms with Gasteiger partial charge in [0.05, 0.1) is 13.7 Å². The standard InChI is InChI=1S/C19H30N2O2/c1-20-15-19(12-17(20)14-22-2)8-10-21(11-9-19)13-16-4-6-18(23-3)7-5-16/h4-7,17H,8-15H2,1-3H3/t17-/m1/s1. The molecule has 2 heterocycles. The summed E-state index contributed by atoms with van der Waals surface area (Å²) in [5.74, 6) is 0.935. The molecule has 0 unspecified atom stereocenters. The minimum Gasteiger partial charge on any atom is -0.497 e. The molecular weight excluding hydrogens is 288 g/mol. The van der Waals surface area contributed by atoms with E-state index in [2.05, 4.69) is 41.1 Å². The van der Waals surface area contributed by atoms with Gasteiger partial charge in [-0.3, -0.25) is 4.90 Å². The monoisotopic (exact) mass is 318 g/mol. The van der Waals surface area contributed by atoms with Gasteiger partial charge < -0.3 is 14.4 Å². The topological polar surface area (TPSA) is 24.9 Å². The fourth-order valence-corrected chi connectivity index (χ4v) is 4.29. The number of hydrogen-bond acceptors (Lipinski definition) is 4. The third-order valence-electron chi connectivity index (χ3n) is 5.72. The Morgan fingerprint density at radius 1 is 1.13 bits per heavy atom. The summed E-state index contributed by atoms with van der Waals surface area (Å²) < 4.78 is 10.6. The molecule has 0 bridgehead atoms. The number of benzene rings is 1. The zero-order valence-electron chi connectivity index (χ0n) is 14.8. The highest BCUT2D eigenvalue weighted by molar-refractivity contribution is 5.27. The Kier molecular flexibility index (Phi) is 5.24. The molecule has 0 saturated carbocycles. The normalized spacial score (nSPS) is 25.1. The van der Waals surface area contributed by atoms with Crippen LogP contribution in [0.1, 0.15) is 24.8 Å². The molecule has 23 heavy (non-hydrogen) atoms. The molecule has 1 atom stereocenters. The third kappa shape index (κ3) is 3.87. The van der Waals surface area contributed by atoms with Crippen LogP contribution in [0.3, 0.4) is 0 Å². The summed E-state index contributed by atoms with van der Waals surface area (Å²) in [7, 11) is 5.78. The highest BCUT2D eigenvalue weighted by Gasteiger charge is 2.43. The van der Waals surface area contributed by atoms with Gasteiger partial charge >= 0.3 is 0 Å². The van der Waals surface area contributed by atoms with Crippen LogP contribution < -0.4 is 4.74 Å². The van der Waals surface area contributed by atoms with E-state index in [-0.39, 0.29) is 0 Å². The average Bonchev–Trinajstić information content (AvgIpc) is 2.87. The van der Waals surface area contributed by atoms with Gasteiger partial charge in [-0.1, -0.05) is 12.1 Å². The summed E-state index contributed by atoms with van der Waals surface area (Å²) in [5.41, 5.74) is 1.90. The molecule has 3 rings (SSSR count). The molecule has 1 aromatic rings. The number of methoxy groups -OCH3 is 2. The summed E-state index contributed by atoms with van der Waals surface area (Å²) in [6.45, 7) is 5.57. The molecule has 0 radical (unpaired) electrons. The fourth-order valence-electron chi connectivity index (χ4n) is 4.29. The van der Waals surface area contributed by atoms with E-state index in [1.54, 1.807) is 7.11 Å². The van der Waals surface area contributed by atoms with Crippen LogP contribution in [0.25, 0.3) is 0 Å². The maximum atomic E-state index is 5.39. The van der Waals surface area contributed by atoms with E-state index < -0.39 is 0 Å². The zero-order chi connectivity index (χ0) is 16.3. The SMILES string of the molecule is COC[C@H]1CC2(CCN(Cc3ccc(OC)cc3)CC2)CN1C.